The summed E-state index contributed by atoms with van der Waals surface area (Å²) in [4.78, 5) is 2.68. The fourth-order valence-electron chi connectivity index (χ4n) is 3.59. The summed E-state index contributed by atoms with van der Waals surface area (Å²) in [6, 6.07) is 10.9. The summed E-state index contributed by atoms with van der Waals surface area (Å²) >= 11 is 0. The molecule has 0 aromatic heterocycles. The van der Waals surface area contributed by atoms with E-state index >= 15 is 0 Å². The van der Waals surface area contributed by atoms with Crippen LogP contribution in [0, 0.1) is 5.41 Å². The molecule has 2 nitrogen and oxygen atoms in total. The number of benzene rings is 1. The second-order valence-corrected chi connectivity index (χ2v) is 6.08. The van der Waals surface area contributed by atoms with E-state index in [1.807, 2.05) is 0 Å². The van der Waals surface area contributed by atoms with Crippen molar-refractivity contribution in [3.8, 4) is 0 Å². The molecule has 1 aromatic carbocycles. The van der Waals surface area contributed by atoms with Gasteiger partial charge in [0, 0.05) is 19.6 Å². The Morgan fingerprint density at radius 3 is 2.78 bits per heavy atom. The highest BCUT2D eigenvalue weighted by Gasteiger charge is 2.36. The first-order chi connectivity index (χ1) is 8.86. The molecule has 0 saturated carbocycles. The maximum Gasteiger partial charge on any atom is 0.0233 e. The molecule has 1 atom stereocenters. The molecular formula is C16H24N2. The van der Waals surface area contributed by atoms with E-state index in [1.54, 1.807) is 0 Å². The Balaban J connectivity index is 1.68. The molecular weight excluding hydrogens is 220 g/mol. The summed E-state index contributed by atoms with van der Waals surface area (Å²) in [6.45, 7) is 6.14. The molecule has 0 bridgehead atoms. The summed E-state index contributed by atoms with van der Waals surface area (Å²) in [6.07, 6.45) is 5.57. The first-order valence-corrected chi connectivity index (χ1v) is 7.33. The third-order valence-electron chi connectivity index (χ3n) is 4.57. The Hall–Kier alpha value is -0.860. The van der Waals surface area contributed by atoms with Crippen molar-refractivity contribution in [2.75, 3.05) is 26.2 Å². The highest BCUT2D eigenvalue weighted by atomic mass is 15.1. The Morgan fingerprint density at radius 1 is 1.11 bits per heavy atom. The molecule has 2 aliphatic rings. The Labute approximate surface area is 110 Å². The maximum atomic E-state index is 3.57. The molecule has 2 heteroatoms. The van der Waals surface area contributed by atoms with Gasteiger partial charge in [-0.1, -0.05) is 36.8 Å². The van der Waals surface area contributed by atoms with E-state index < -0.39 is 0 Å². The molecule has 1 N–H and O–H groups in total. The van der Waals surface area contributed by atoms with Crippen LogP contribution in [0.4, 0.5) is 0 Å². The number of nitrogens with zero attached hydrogens (tertiary/aromatic N) is 1. The highest BCUT2D eigenvalue weighted by Crippen LogP contribution is 2.35. The van der Waals surface area contributed by atoms with Gasteiger partial charge in [-0.2, -0.15) is 0 Å². The zero-order chi connectivity index (χ0) is 12.3. The minimum Gasteiger partial charge on any atom is -0.316 e. The molecule has 1 aromatic rings. The molecule has 18 heavy (non-hydrogen) atoms. The van der Waals surface area contributed by atoms with Crippen LogP contribution < -0.4 is 5.32 Å². The first-order valence-electron chi connectivity index (χ1n) is 7.33. The van der Waals surface area contributed by atoms with Gasteiger partial charge in [0.1, 0.15) is 0 Å². The quantitative estimate of drug-likeness (QED) is 0.860. The van der Waals surface area contributed by atoms with Gasteiger partial charge in [-0.15, -0.1) is 0 Å². The maximum absolute atomic E-state index is 3.57. The van der Waals surface area contributed by atoms with Crippen molar-refractivity contribution in [3.05, 3.63) is 35.9 Å². The topological polar surface area (TPSA) is 15.3 Å². The Kier molecular flexibility index (Phi) is 3.67. The largest absolute Gasteiger partial charge is 0.316 e. The fourth-order valence-corrected chi connectivity index (χ4v) is 3.59. The number of nitrogens with one attached hydrogen (secondary N) is 1. The smallest absolute Gasteiger partial charge is 0.0233 e. The zero-order valence-electron chi connectivity index (χ0n) is 11.2. The van der Waals surface area contributed by atoms with Crippen LogP contribution in [0.15, 0.2) is 30.3 Å². The van der Waals surface area contributed by atoms with Crippen LogP contribution in [-0.2, 0) is 6.54 Å². The molecule has 0 aliphatic carbocycles. The van der Waals surface area contributed by atoms with Crippen molar-refractivity contribution < 1.29 is 0 Å². The van der Waals surface area contributed by atoms with E-state index in [-0.39, 0.29) is 0 Å². The molecule has 2 heterocycles. The van der Waals surface area contributed by atoms with Gasteiger partial charge in [0.05, 0.1) is 0 Å². The van der Waals surface area contributed by atoms with Gasteiger partial charge >= 0.3 is 0 Å². The summed E-state index contributed by atoms with van der Waals surface area (Å²) in [5.74, 6) is 0. The van der Waals surface area contributed by atoms with Gasteiger partial charge in [-0.25, -0.2) is 0 Å². The van der Waals surface area contributed by atoms with Crippen LogP contribution in [-0.4, -0.2) is 31.1 Å². The van der Waals surface area contributed by atoms with Crippen LogP contribution in [0.1, 0.15) is 31.2 Å². The van der Waals surface area contributed by atoms with Crippen LogP contribution >= 0.6 is 0 Å². The van der Waals surface area contributed by atoms with Gasteiger partial charge in [-0.3, -0.25) is 4.90 Å². The van der Waals surface area contributed by atoms with Crippen molar-refractivity contribution in [3.63, 3.8) is 0 Å². The minimum absolute atomic E-state index is 0.575. The average molecular weight is 244 g/mol. The van der Waals surface area contributed by atoms with E-state index in [0.717, 1.165) is 6.54 Å². The first kappa shape index (κ1) is 12.2. The summed E-state index contributed by atoms with van der Waals surface area (Å²) in [5, 5.41) is 3.57. The van der Waals surface area contributed by atoms with Crippen LogP contribution in [0.5, 0.6) is 0 Å². The predicted molar refractivity (Wildman–Crippen MR) is 75.5 cm³/mol. The van der Waals surface area contributed by atoms with Crippen molar-refractivity contribution >= 4 is 0 Å². The van der Waals surface area contributed by atoms with E-state index in [1.165, 1.54) is 57.4 Å². The van der Waals surface area contributed by atoms with Crippen molar-refractivity contribution in [2.45, 2.75) is 32.2 Å². The van der Waals surface area contributed by atoms with Crippen LogP contribution in [0.2, 0.25) is 0 Å². The molecule has 2 aliphatic heterocycles. The lowest BCUT2D eigenvalue weighted by Gasteiger charge is -2.32. The Morgan fingerprint density at radius 2 is 2.00 bits per heavy atom. The van der Waals surface area contributed by atoms with Gasteiger partial charge < -0.3 is 5.32 Å². The normalized spacial score (nSPS) is 29.6. The molecule has 2 fully saturated rings. The summed E-state index contributed by atoms with van der Waals surface area (Å²) in [7, 11) is 0. The lowest BCUT2D eigenvalue weighted by Crippen LogP contribution is -2.37. The SMILES string of the molecule is c1ccc(CN2CCCCC3(CCNC3)C2)cc1. The van der Waals surface area contributed by atoms with E-state index in [2.05, 4.69) is 40.5 Å². The average Bonchev–Trinajstić information content (AvgIpc) is 2.75. The number of likely N-dealkylation sites (tertiary alicyclic amines) is 1. The zero-order valence-corrected chi connectivity index (χ0v) is 11.2. The van der Waals surface area contributed by atoms with Gasteiger partial charge in [-0.05, 0) is 43.3 Å². The van der Waals surface area contributed by atoms with Crippen LogP contribution in [0.3, 0.4) is 0 Å². The van der Waals surface area contributed by atoms with E-state index in [9.17, 15) is 0 Å². The van der Waals surface area contributed by atoms with Gasteiger partial charge in [0.2, 0.25) is 0 Å². The van der Waals surface area contributed by atoms with Crippen molar-refractivity contribution in [1.29, 1.82) is 0 Å². The second kappa shape index (κ2) is 5.41. The molecule has 0 radical (unpaired) electrons. The molecule has 98 valence electrons. The number of rotatable bonds is 2. The van der Waals surface area contributed by atoms with Crippen molar-refractivity contribution in [1.82, 2.24) is 10.2 Å². The lowest BCUT2D eigenvalue weighted by molar-refractivity contribution is 0.173. The van der Waals surface area contributed by atoms with Gasteiger partial charge in [0.15, 0.2) is 0 Å². The predicted octanol–water partition coefficient (Wildman–Crippen LogP) is 2.65. The molecule has 1 unspecified atom stereocenters. The number of hydrogen-bond donors (Lipinski definition) is 1. The lowest BCUT2D eigenvalue weighted by atomic mass is 9.82. The summed E-state index contributed by atoms with van der Waals surface area (Å²) in [5.41, 5.74) is 2.03. The molecule has 2 saturated heterocycles. The third kappa shape index (κ3) is 2.76. The third-order valence-corrected chi connectivity index (χ3v) is 4.57. The standard InChI is InChI=1S/C16H24N2/c1-2-6-15(7-3-1)12-18-11-5-4-8-16(14-18)9-10-17-13-16/h1-3,6-7,17H,4-5,8-14H2. The van der Waals surface area contributed by atoms with Gasteiger partial charge in [0.25, 0.3) is 0 Å². The van der Waals surface area contributed by atoms with Crippen LogP contribution in [0.25, 0.3) is 0 Å². The second-order valence-electron chi connectivity index (χ2n) is 6.08. The molecule has 3 rings (SSSR count). The van der Waals surface area contributed by atoms with E-state index in [4.69, 9.17) is 0 Å². The molecule has 1 spiro atoms. The van der Waals surface area contributed by atoms with Crippen molar-refractivity contribution in [2.24, 2.45) is 5.41 Å². The monoisotopic (exact) mass is 244 g/mol. The fraction of sp³-hybridized carbons (Fsp3) is 0.625. The molecule has 0 amide bonds. The highest BCUT2D eigenvalue weighted by molar-refractivity contribution is 5.14. The minimum atomic E-state index is 0.575. The summed E-state index contributed by atoms with van der Waals surface area (Å²) < 4.78 is 0. The number of hydrogen-bond acceptors (Lipinski definition) is 2. The van der Waals surface area contributed by atoms with E-state index in [0.29, 0.717) is 5.41 Å². The Bertz CT molecular complexity index is 368.